The van der Waals surface area contributed by atoms with Gasteiger partial charge in [-0.3, -0.25) is 0 Å². The highest BCUT2D eigenvalue weighted by atomic mass is 35.5. The number of nitrogens with zero attached hydrogens (tertiary/aromatic N) is 3. The molecule has 0 saturated carbocycles. The zero-order valence-electron chi connectivity index (χ0n) is 10.1. The Hall–Kier alpha value is -1.40. The first-order chi connectivity index (χ1) is 8.56. The maximum absolute atomic E-state index is 5.76. The second-order valence-electron chi connectivity index (χ2n) is 4.17. The van der Waals surface area contributed by atoms with Crippen LogP contribution < -0.4 is 11.1 Å². The molecule has 0 aromatic carbocycles. The number of anilines is 2. The molecule has 18 heavy (non-hydrogen) atoms. The number of nitrogen functional groups attached to an aromatic ring is 1. The molecular formula is C11H14ClN5S. The summed E-state index contributed by atoms with van der Waals surface area (Å²) in [4.78, 5) is 13.0. The summed E-state index contributed by atoms with van der Waals surface area (Å²) >= 11 is 7.45. The third-order valence-corrected chi connectivity index (χ3v) is 3.55. The summed E-state index contributed by atoms with van der Waals surface area (Å²) in [5.41, 5.74) is 5.55. The van der Waals surface area contributed by atoms with E-state index in [1.807, 2.05) is 11.4 Å². The molecule has 0 aliphatic rings. The molecule has 0 fully saturated rings. The van der Waals surface area contributed by atoms with Crippen molar-refractivity contribution < 1.29 is 0 Å². The second-order valence-corrected chi connectivity index (χ2v) is 5.49. The smallest absolute Gasteiger partial charge is 0.229 e. The Morgan fingerprint density at radius 3 is 2.67 bits per heavy atom. The van der Waals surface area contributed by atoms with Crippen LogP contribution in [0.25, 0.3) is 0 Å². The number of thiophene rings is 1. The Morgan fingerprint density at radius 1 is 1.33 bits per heavy atom. The Bertz CT molecular complexity index is 494. The largest absolute Gasteiger partial charge is 0.368 e. The van der Waals surface area contributed by atoms with Crippen molar-refractivity contribution in [3.05, 3.63) is 27.7 Å². The molecule has 3 N–H and O–H groups in total. The molecule has 2 rings (SSSR count). The van der Waals surface area contributed by atoms with E-state index in [4.69, 9.17) is 17.3 Å². The average molecular weight is 284 g/mol. The van der Waals surface area contributed by atoms with Gasteiger partial charge in [0.2, 0.25) is 17.2 Å². The fraction of sp³-hybridized carbons (Fsp3) is 0.364. The average Bonchev–Trinajstić information content (AvgIpc) is 2.77. The van der Waals surface area contributed by atoms with Gasteiger partial charge in [-0.15, -0.1) is 11.3 Å². The minimum absolute atomic E-state index is 0.0960. The Kier molecular flexibility index (Phi) is 3.98. The van der Waals surface area contributed by atoms with Crippen LogP contribution in [0, 0.1) is 5.92 Å². The van der Waals surface area contributed by atoms with Gasteiger partial charge in [0.05, 0.1) is 6.04 Å². The summed E-state index contributed by atoms with van der Waals surface area (Å²) < 4.78 is 0. The monoisotopic (exact) mass is 283 g/mol. The van der Waals surface area contributed by atoms with E-state index in [2.05, 4.69) is 40.2 Å². The van der Waals surface area contributed by atoms with E-state index in [0.29, 0.717) is 11.9 Å². The van der Waals surface area contributed by atoms with E-state index in [0.717, 1.165) is 0 Å². The van der Waals surface area contributed by atoms with E-state index in [1.165, 1.54) is 4.88 Å². The highest BCUT2D eigenvalue weighted by Gasteiger charge is 2.18. The fourth-order valence-electron chi connectivity index (χ4n) is 1.60. The predicted molar refractivity (Wildman–Crippen MR) is 74.8 cm³/mol. The molecule has 0 saturated heterocycles. The molecule has 0 aliphatic heterocycles. The zero-order valence-corrected chi connectivity index (χ0v) is 11.7. The lowest BCUT2D eigenvalue weighted by Crippen LogP contribution is -2.18. The van der Waals surface area contributed by atoms with Gasteiger partial charge in [0.15, 0.2) is 0 Å². The summed E-state index contributed by atoms with van der Waals surface area (Å²) in [6.45, 7) is 4.26. The van der Waals surface area contributed by atoms with E-state index in [9.17, 15) is 0 Å². The summed E-state index contributed by atoms with van der Waals surface area (Å²) in [5, 5.41) is 5.39. The molecule has 0 aliphatic carbocycles. The topological polar surface area (TPSA) is 76.7 Å². The lowest BCUT2D eigenvalue weighted by molar-refractivity contribution is 0.550. The van der Waals surface area contributed by atoms with Crippen LogP contribution in [0.4, 0.5) is 11.9 Å². The number of rotatable bonds is 4. The third-order valence-electron chi connectivity index (χ3n) is 2.43. The van der Waals surface area contributed by atoms with E-state index < -0.39 is 0 Å². The van der Waals surface area contributed by atoms with Gasteiger partial charge in [-0.1, -0.05) is 19.9 Å². The van der Waals surface area contributed by atoms with Gasteiger partial charge in [0.1, 0.15) is 0 Å². The first-order valence-corrected chi connectivity index (χ1v) is 6.79. The molecule has 96 valence electrons. The molecule has 5 nitrogen and oxygen atoms in total. The number of aromatic nitrogens is 3. The van der Waals surface area contributed by atoms with Gasteiger partial charge in [-0.25, -0.2) is 0 Å². The van der Waals surface area contributed by atoms with E-state index >= 15 is 0 Å². The van der Waals surface area contributed by atoms with Gasteiger partial charge in [0, 0.05) is 4.88 Å². The number of nitrogens with one attached hydrogen (secondary N) is 1. The van der Waals surface area contributed by atoms with Crippen molar-refractivity contribution >= 4 is 34.8 Å². The van der Waals surface area contributed by atoms with Gasteiger partial charge in [-0.2, -0.15) is 15.0 Å². The van der Waals surface area contributed by atoms with Crippen LogP contribution in [0.1, 0.15) is 24.8 Å². The Balaban J connectivity index is 2.24. The molecular weight excluding hydrogens is 270 g/mol. The number of hydrogen-bond donors (Lipinski definition) is 2. The van der Waals surface area contributed by atoms with Crippen LogP contribution in [0.2, 0.25) is 5.28 Å². The van der Waals surface area contributed by atoms with Crippen molar-refractivity contribution in [1.29, 1.82) is 0 Å². The molecule has 0 bridgehead atoms. The predicted octanol–water partition coefficient (Wildman–Crippen LogP) is 2.98. The van der Waals surface area contributed by atoms with Crippen molar-refractivity contribution in [3.8, 4) is 0 Å². The third kappa shape index (κ3) is 3.08. The number of halogens is 1. The zero-order chi connectivity index (χ0) is 13.1. The molecule has 0 spiro atoms. The van der Waals surface area contributed by atoms with Crippen molar-refractivity contribution in [2.75, 3.05) is 11.1 Å². The van der Waals surface area contributed by atoms with Gasteiger partial charge >= 0.3 is 0 Å². The van der Waals surface area contributed by atoms with Crippen LogP contribution in [-0.4, -0.2) is 15.0 Å². The highest BCUT2D eigenvalue weighted by Crippen LogP contribution is 2.28. The lowest BCUT2D eigenvalue weighted by Gasteiger charge is -2.21. The molecule has 1 atom stereocenters. The SMILES string of the molecule is CC(C)C(Nc1nc(N)nc(Cl)n1)c1cccs1. The van der Waals surface area contributed by atoms with Crippen LogP contribution >= 0.6 is 22.9 Å². The molecule has 0 amide bonds. The van der Waals surface area contributed by atoms with Crippen molar-refractivity contribution in [2.45, 2.75) is 19.9 Å². The van der Waals surface area contributed by atoms with Crippen molar-refractivity contribution in [1.82, 2.24) is 15.0 Å². The van der Waals surface area contributed by atoms with Gasteiger partial charge in [-0.05, 0) is 29.0 Å². The number of nitrogens with two attached hydrogens (primary N) is 1. The van der Waals surface area contributed by atoms with Crippen LogP contribution in [0.5, 0.6) is 0 Å². The molecule has 7 heteroatoms. The molecule has 2 aromatic heterocycles. The van der Waals surface area contributed by atoms with E-state index in [1.54, 1.807) is 11.3 Å². The minimum Gasteiger partial charge on any atom is -0.368 e. The Morgan fingerprint density at radius 2 is 2.11 bits per heavy atom. The van der Waals surface area contributed by atoms with Crippen LogP contribution in [0.3, 0.4) is 0 Å². The van der Waals surface area contributed by atoms with E-state index in [-0.39, 0.29) is 17.3 Å². The molecule has 0 radical (unpaired) electrons. The highest BCUT2D eigenvalue weighted by molar-refractivity contribution is 7.10. The van der Waals surface area contributed by atoms with Crippen molar-refractivity contribution in [3.63, 3.8) is 0 Å². The number of hydrogen-bond acceptors (Lipinski definition) is 6. The normalized spacial score (nSPS) is 12.7. The first kappa shape index (κ1) is 13.0. The fourth-order valence-corrected chi connectivity index (χ4v) is 2.72. The maximum atomic E-state index is 5.76. The Labute approximate surface area is 114 Å². The summed E-state index contributed by atoms with van der Waals surface area (Å²) in [6.07, 6.45) is 0. The summed E-state index contributed by atoms with van der Waals surface area (Å²) in [5.74, 6) is 0.909. The summed E-state index contributed by atoms with van der Waals surface area (Å²) in [6, 6.07) is 4.23. The molecule has 2 aromatic rings. The minimum atomic E-state index is 0.0960. The van der Waals surface area contributed by atoms with Gasteiger partial charge < -0.3 is 11.1 Å². The quantitative estimate of drug-likeness (QED) is 0.902. The molecule has 1 unspecified atom stereocenters. The maximum Gasteiger partial charge on any atom is 0.229 e. The van der Waals surface area contributed by atoms with Gasteiger partial charge in [0.25, 0.3) is 0 Å². The lowest BCUT2D eigenvalue weighted by atomic mass is 10.0. The standard InChI is InChI=1S/C11H14ClN5S/c1-6(2)8(7-4-3-5-18-7)14-11-16-9(12)15-10(13)17-11/h3-6,8H,1-2H3,(H3,13,14,15,16,17). The van der Waals surface area contributed by atoms with Crippen LogP contribution in [-0.2, 0) is 0 Å². The molecule has 2 heterocycles. The first-order valence-electron chi connectivity index (χ1n) is 5.53. The van der Waals surface area contributed by atoms with Crippen LogP contribution in [0.15, 0.2) is 17.5 Å². The second kappa shape index (κ2) is 5.49. The summed E-state index contributed by atoms with van der Waals surface area (Å²) in [7, 11) is 0. The van der Waals surface area contributed by atoms with Crippen molar-refractivity contribution in [2.24, 2.45) is 5.92 Å².